The molecule has 2 aromatic carbocycles. The molecule has 17 heavy (non-hydrogen) atoms. The van der Waals surface area contributed by atoms with Gasteiger partial charge in [0.05, 0.1) is 0 Å². The molecule has 0 spiro atoms. The van der Waals surface area contributed by atoms with E-state index in [0.717, 1.165) is 5.92 Å². The Balaban J connectivity index is 2.04. The standard InChI is InChI=1S/C16H16O/c17-14-10-8-13(9-11-14)16-7-2-1-6-15(16)12-4-3-5-12/h1-2,6-12,17H,3-5H2. The largest absolute Gasteiger partial charge is 0.508 e. The molecule has 2 aromatic rings. The van der Waals surface area contributed by atoms with Crippen molar-refractivity contribution in [2.75, 3.05) is 0 Å². The predicted octanol–water partition coefficient (Wildman–Crippen LogP) is 4.33. The Morgan fingerprint density at radius 3 is 2.24 bits per heavy atom. The maximum absolute atomic E-state index is 9.34. The van der Waals surface area contributed by atoms with Gasteiger partial charge in [0.2, 0.25) is 0 Å². The zero-order valence-electron chi connectivity index (χ0n) is 9.76. The third-order valence-electron chi connectivity index (χ3n) is 3.68. The number of hydrogen-bond donors (Lipinski definition) is 1. The van der Waals surface area contributed by atoms with E-state index in [-0.39, 0.29) is 0 Å². The van der Waals surface area contributed by atoms with E-state index in [2.05, 4.69) is 24.3 Å². The molecule has 1 heteroatoms. The van der Waals surface area contributed by atoms with Gasteiger partial charge in [0.15, 0.2) is 0 Å². The van der Waals surface area contributed by atoms with Crippen molar-refractivity contribution >= 4 is 0 Å². The van der Waals surface area contributed by atoms with Crippen LogP contribution in [0.5, 0.6) is 5.75 Å². The first-order chi connectivity index (χ1) is 8.34. The fourth-order valence-electron chi connectivity index (χ4n) is 2.48. The molecule has 1 N–H and O–H groups in total. The third-order valence-corrected chi connectivity index (χ3v) is 3.68. The van der Waals surface area contributed by atoms with E-state index in [1.807, 2.05) is 12.1 Å². The molecule has 0 aromatic heterocycles. The van der Waals surface area contributed by atoms with Crippen LogP contribution in [0.15, 0.2) is 48.5 Å². The lowest BCUT2D eigenvalue weighted by Gasteiger charge is -2.28. The van der Waals surface area contributed by atoms with Gasteiger partial charge < -0.3 is 5.11 Å². The maximum atomic E-state index is 9.34. The fraction of sp³-hybridized carbons (Fsp3) is 0.250. The summed E-state index contributed by atoms with van der Waals surface area (Å²) in [5, 5.41) is 9.34. The van der Waals surface area contributed by atoms with E-state index in [9.17, 15) is 5.11 Å². The first kappa shape index (κ1) is 10.4. The highest BCUT2D eigenvalue weighted by molar-refractivity contribution is 5.68. The van der Waals surface area contributed by atoms with Gasteiger partial charge in [-0.2, -0.15) is 0 Å². The van der Waals surface area contributed by atoms with Crippen LogP contribution in [-0.4, -0.2) is 5.11 Å². The zero-order valence-corrected chi connectivity index (χ0v) is 9.76. The van der Waals surface area contributed by atoms with Gasteiger partial charge in [0, 0.05) is 0 Å². The lowest BCUT2D eigenvalue weighted by Crippen LogP contribution is -2.09. The van der Waals surface area contributed by atoms with E-state index in [0.29, 0.717) is 5.75 Å². The maximum Gasteiger partial charge on any atom is 0.115 e. The second kappa shape index (κ2) is 4.25. The summed E-state index contributed by atoms with van der Waals surface area (Å²) in [6.07, 6.45) is 3.98. The van der Waals surface area contributed by atoms with Crippen molar-refractivity contribution in [1.29, 1.82) is 0 Å². The minimum absolute atomic E-state index is 0.329. The average Bonchev–Trinajstić information content (AvgIpc) is 2.29. The Labute approximate surface area is 102 Å². The van der Waals surface area contributed by atoms with E-state index < -0.39 is 0 Å². The second-order valence-corrected chi connectivity index (χ2v) is 4.76. The molecule has 86 valence electrons. The van der Waals surface area contributed by atoms with Crippen LogP contribution in [0.2, 0.25) is 0 Å². The van der Waals surface area contributed by atoms with Crippen molar-refractivity contribution < 1.29 is 5.11 Å². The molecule has 0 amide bonds. The van der Waals surface area contributed by atoms with Crippen molar-refractivity contribution in [2.45, 2.75) is 25.2 Å². The summed E-state index contributed by atoms with van der Waals surface area (Å²) < 4.78 is 0. The summed E-state index contributed by atoms with van der Waals surface area (Å²) in [7, 11) is 0. The fourth-order valence-corrected chi connectivity index (χ4v) is 2.48. The molecule has 3 rings (SSSR count). The van der Waals surface area contributed by atoms with Crippen LogP contribution in [0.1, 0.15) is 30.7 Å². The van der Waals surface area contributed by atoms with Gasteiger partial charge in [-0.25, -0.2) is 0 Å². The molecule has 1 saturated carbocycles. The molecular weight excluding hydrogens is 208 g/mol. The quantitative estimate of drug-likeness (QED) is 0.805. The summed E-state index contributed by atoms with van der Waals surface area (Å²) in [5.74, 6) is 1.06. The Kier molecular flexibility index (Phi) is 2.60. The highest BCUT2D eigenvalue weighted by atomic mass is 16.3. The molecule has 1 nitrogen and oxygen atoms in total. The Hall–Kier alpha value is -1.76. The topological polar surface area (TPSA) is 20.2 Å². The van der Waals surface area contributed by atoms with Gasteiger partial charge in [-0.1, -0.05) is 42.8 Å². The normalized spacial score (nSPS) is 15.5. The van der Waals surface area contributed by atoms with E-state index in [1.54, 1.807) is 12.1 Å². The molecule has 1 fully saturated rings. The second-order valence-electron chi connectivity index (χ2n) is 4.76. The van der Waals surface area contributed by atoms with Gasteiger partial charge in [-0.05, 0) is 47.6 Å². The summed E-state index contributed by atoms with van der Waals surface area (Å²) in [6, 6.07) is 16.1. The van der Waals surface area contributed by atoms with E-state index in [1.165, 1.54) is 36.0 Å². The van der Waals surface area contributed by atoms with Crippen molar-refractivity contribution in [3.63, 3.8) is 0 Å². The number of hydrogen-bond acceptors (Lipinski definition) is 1. The van der Waals surface area contributed by atoms with Crippen molar-refractivity contribution in [3.8, 4) is 16.9 Å². The molecule has 0 saturated heterocycles. The van der Waals surface area contributed by atoms with Crippen LogP contribution in [0.4, 0.5) is 0 Å². The molecule has 0 aliphatic heterocycles. The highest BCUT2D eigenvalue weighted by Crippen LogP contribution is 2.41. The number of phenols is 1. The molecular formula is C16H16O. The molecule has 0 unspecified atom stereocenters. The van der Waals surface area contributed by atoms with Crippen molar-refractivity contribution in [1.82, 2.24) is 0 Å². The molecule has 0 heterocycles. The van der Waals surface area contributed by atoms with Gasteiger partial charge in [0.1, 0.15) is 5.75 Å². The summed E-state index contributed by atoms with van der Waals surface area (Å²) in [6.45, 7) is 0. The minimum atomic E-state index is 0.329. The first-order valence-corrected chi connectivity index (χ1v) is 6.23. The van der Waals surface area contributed by atoms with Gasteiger partial charge in [-0.15, -0.1) is 0 Å². The molecule has 0 atom stereocenters. The van der Waals surface area contributed by atoms with Crippen LogP contribution >= 0.6 is 0 Å². The van der Waals surface area contributed by atoms with Gasteiger partial charge in [-0.3, -0.25) is 0 Å². The van der Waals surface area contributed by atoms with Crippen LogP contribution in [-0.2, 0) is 0 Å². The Morgan fingerprint density at radius 2 is 1.59 bits per heavy atom. The van der Waals surface area contributed by atoms with Crippen LogP contribution in [0.3, 0.4) is 0 Å². The highest BCUT2D eigenvalue weighted by Gasteiger charge is 2.21. The lowest BCUT2D eigenvalue weighted by atomic mass is 9.77. The summed E-state index contributed by atoms with van der Waals surface area (Å²) in [5.41, 5.74) is 3.98. The molecule has 1 aliphatic rings. The van der Waals surface area contributed by atoms with Crippen LogP contribution in [0, 0.1) is 0 Å². The van der Waals surface area contributed by atoms with Gasteiger partial charge in [0.25, 0.3) is 0 Å². The Morgan fingerprint density at radius 1 is 0.882 bits per heavy atom. The van der Waals surface area contributed by atoms with Crippen LogP contribution in [0.25, 0.3) is 11.1 Å². The molecule has 0 bridgehead atoms. The first-order valence-electron chi connectivity index (χ1n) is 6.23. The molecule has 1 aliphatic carbocycles. The Bertz CT molecular complexity index is 509. The lowest BCUT2D eigenvalue weighted by molar-refractivity contribution is 0.420. The molecule has 0 radical (unpaired) electrons. The minimum Gasteiger partial charge on any atom is -0.508 e. The third kappa shape index (κ3) is 1.93. The number of benzene rings is 2. The SMILES string of the molecule is Oc1ccc(-c2ccccc2C2CCC2)cc1. The monoisotopic (exact) mass is 224 g/mol. The van der Waals surface area contributed by atoms with Crippen molar-refractivity contribution in [2.24, 2.45) is 0 Å². The summed E-state index contributed by atoms with van der Waals surface area (Å²) in [4.78, 5) is 0. The van der Waals surface area contributed by atoms with Crippen LogP contribution < -0.4 is 0 Å². The number of rotatable bonds is 2. The number of aromatic hydroxyl groups is 1. The van der Waals surface area contributed by atoms with E-state index in [4.69, 9.17) is 0 Å². The smallest absolute Gasteiger partial charge is 0.115 e. The van der Waals surface area contributed by atoms with Crippen molar-refractivity contribution in [3.05, 3.63) is 54.1 Å². The number of phenolic OH excluding ortho intramolecular Hbond substituents is 1. The zero-order chi connectivity index (χ0) is 11.7. The van der Waals surface area contributed by atoms with E-state index >= 15 is 0 Å². The average molecular weight is 224 g/mol. The summed E-state index contributed by atoms with van der Waals surface area (Å²) >= 11 is 0. The predicted molar refractivity (Wildman–Crippen MR) is 70.1 cm³/mol. The van der Waals surface area contributed by atoms with Gasteiger partial charge >= 0.3 is 0 Å².